The highest BCUT2D eigenvalue weighted by Gasteiger charge is 2.28. The van der Waals surface area contributed by atoms with E-state index >= 15 is 0 Å². The lowest BCUT2D eigenvalue weighted by molar-refractivity contribution is -0.149. The molecule has 2 saturated heterocycles. The van der Waals surface area contributed by atoms with Crippen molar-refractivity contribution in [1.82, 2.24) is 19.3 Å². The fourth-order valence-electron chi connectivity index (χ4n) is 6.63. The van der Waals surface area contributed by atoms with Gasteiger partial charge in [-0.05, 0) is 87.3 Å². The molecule has 0 spiro atoms. The highest BCUT2D eigenvalue weighted by Crippen LogP contribution is 2.31. The average molecular weight is 732 g/mol. The molecule has 2 aromatic heterocycles. The molecule has 2 amide bonds. The van der Waals surface area contributed by atoms with E-state index in [9.17, 15) is 19.2 Å². The first-order valence-corrected chi connectivity index (χ1v) is 19.0. The number of anilines is 1. The highest BCUT2D eigenvalue weighted by molar-refractivity contribution is 7.17. The molecule has 12 nitrogen and oxygen atoms in total. The van der Waals surface area contributed by atoms with Crippen LogP contribution in [0, 0.1) is 0 Å². The molecule has 0 atom stereocenters. The third-order valence-corrected chi connectivity index (χ3v) is 10.4. The monoisotopic (exact) mass is 731 g/mol. The largest absolute Gasteiger partial charge is 0.494 e. The highest BCUT2D eigenvalue weighted by atomic mass is 32.1. The number of carbonyl (C=O) groups excluding carboxylic acids is 3. The van der Waals surface area contributed by atoms with Gasteiger partial charge in [0.15, 0.2) is 6.73 Å². The second-order valence-electron chi connectivity index (χ2n) is 14.3. The number of hydrogen-bond donors (Lipinski definition) is 0. The maximum absolute atomic E-state index is 12.8. The molecule has 4 heterocycles. The normalized spacial score (nSPS) is 15.6. The summed E-state index contributed by atoms with van der Waals surface area (Å²) in [6.45, 7) is 12.4. The number of thiophene rings is 1. The number of benzene rings is 2. The van der Waals surface area contributed by atoms with Gasteiger partial charge in [0, 0.05) is 86.7 Å². The zero-order valence-electron chi connectivity index (χ0n) is 30.4. The van der Waals surface area contributed by atoms with Crippen molar-refractivity contribution in [1.29, 1.82) is 0 Å². The van der Waals surface area contributed by atoms with Gasteiger partial charge in [0.25, 0.3) is 5.56 Å². The minimum Gasteiger partial charge on any atom is -0.494 e. The number of nitrogens with zero attached hydrogens (tertiary/aromatic N) is 5. The van der Waals surface area contributed by atoms with Gasteiger partial charge in [-0.1, -0.05) is 6.07 Å². The lowest BCUT2D eigenvalue weighted by Gasteiger charge is -2.36. The zero-order chi connectivity index (χ0) is 36.7. The molecular formula is C39H49N5O7S. The summed E-state index contributed by atoms with van der Waals surface area (Å²) in [7, 11) is 0. The molecule has 2 fully saturated rings. The van der Waals surface area contributed by atoms with E-state index in [2.05, 4.69) is 39.4 Å². The number of aromatic nitrogens is 1. The molecule has 0 aliphatic carbocycles. The number of piperazine rings is 2. The van der Waals surface area contributed by atoms with Crippen molar-refractivity contribution in [2.24, 2.45) is 0 Å². The van der Waals surface area contributed by atoms with Gasteiger partial charge in [-0.3, -0.25) is 23.9 Å². The third-order valence-electron chi connectivity index (χ3n) is 9.47. The molecule has 13 heteroatoms. The Balaban J connectivity index is 0.911. The smallest absolute Gasteiger partial charge is 0.410 e. The molecule has 52 heavy (non-hydrogen) atoms. The lowest BCUT2D eigenvalue weighted by atomic mass is 10.2. The summed E-state index contributed by atoms with van der Waals surface area (Å²) >= 11 is 1.79. The molecule has 0 saturated carbocycles. The van der Waals surface area contributed by atoms with Gasteiger partial charge in [0.2, 0.25) is 5.91 Å². The van der Waals surface area contributed by atoms with Crippen LogP contribution in [-0.4, -0.2) is 108 Å². The van der Waals surface area contributed by atoms with Crippen molar-refractivity contribution in [3.63, 3.8) is 0 Å². The molecule has 0 N–H and O–H groups in total. The van der Waals surface area contributed by atoms with Crippen molar-refractivity contribution in [3.05, 3.63) is 70.3 Å². The number of carbonyl (C=O) groups is 3. The van der Waals surface area contributed by atoms with E-state index in [1.54, 1.807) is 33.3 Å². The van der Waals surface area contributed by atoms with Gasteiger partial charge >= 0.3 is 12.1 Å². The fourth-order valence-corrected chi connectivity index (χ4v) is 7.43. The fraction of sp³-hybridized carbons (Fsp3) is 0.487. The number of esters is 1. The summed E-state index contributed by atoms with van der Waals surface area (Å²) in [5, 5.41) is 4.33. The molecule has 0 radical (unpaired) electrons. The molecule has 4 aromatic rings. The van der Waals surface area contributed by atoms with Crippen LogP contribution in [0.3, 0.4) is 0 Å². The van der Waals surface area contributed by atoms with E-state index in [1.807, 2.05) is 32.9 Å². The van der Waals surface area contributed by atoms with Crippen molar-refractivity contribution < 1.29 is 28.6 Å². The van der Waals surface area contributed by atoms with Gasteiger partial charge in [-0.15, -0.1) is 11.3 Å². The summed E-state index contributed by atoms with van der Waals surface area (Å²) < 4.78 is 19.7. The van der Waals surface area contributed by atoms with Crippen molar-refractivity contribution in [2.75, 3.05) is 70.4 Å². The maximum atomic E-state index is 12.8. The Bertz CT molecular complexity index is 1920. The van der Waals surface area contributed by atoms with Crippen molar-refractivity contribution in [2.45, 2.75) is 58.8 Å². The first-order valence-electron chi connectivity index (χ1n) is 18.2. The van der Waals surface area contributed by atoms with E-state index in [1.165, 1.54) is 26.4 Å². The molecule has 6 rings (SSSR count). The summed E-state index contributed by atoms with van der Waals surface area (Å²) in [4.78, 5) is 58.7. The van der Waals surface area contributed by atoms with Gasteiger partial charge in [-0.2, -0.15) is 0 Å². The number of rotatable bonds is 12. The van der Waals surface area contributed by atoms with Gasteiger partial charge < -0.3 is 28.9 Å². The molecular weight excluding hydrogens is 683 g/mol. The van der Waals surface area contributed by atoms with Crippen LogP contribution in [0.5, 0.6) is 5.75 Å². The van der Waals surface area contributed by atoms with Crippen LogP contribution in [0.4, 0.5) is 10.5 Å². The van der Waals surface area contributed by atoms with Gasteiger partial charge in [0.05, 0.1) is 18.5 Å². The number of fused-ring (bicyclic) bond motifs is 2. The van der Waals surface area contributed by atoms with Crippen LogP contribution in [0.25, 0.3) is 21.0 Å². The first-order chi connectivity index (χ1) is 25.0. The van der Waals surface area contributed by atoms with Crippen LogP contribution in [0.15, 0.2) is 64.8 Å². The van der Waals surface area contributed by atoms with Crippen LogP contribution in [-0.2, 0) is 25.8 Å². The Morgan fingerprint density at radius 3 is 2.35 bits per heavy atom. The quantitative estimate of drug-likeness (QED) is 0.137. The summed E-state index contributed by atoms with van der Waals surface area (Å²) in [5.41, 5.74) is 1.05. The van der Waals surface area contributed by atoms with E-state index in [-0.39, 0.29) is 31.0 Å². The second kappa shape index (κ2) is 16.8. The molecule has 0 bridgehead atoms. The van der Waals surface area contributed by atoms with Crippen LogP contribution >= 0.6 is 11.3 Å². The van der Waals surface area contributed by atoms with E-state index in [4.69, 9.17) is 14.2 Å². The van der Waals surface area contributed by atoms with E-state index in [0.717, 1.165) is 51.0 Å². The first kappa shape index (κ1) is 37.1. The Morgan fingerprint density at radius 1 is 0.827 bits per heavy atom. The van der Waals surface area contributed by atoms with Crippen LogP contribution in [0.1, 0.15) is 46.5 Å². The number of hydrogen-bond acceptors (Lipinski definition) is 10. The predicted octanol–water partition coefficient (Wildman–Crippen LogP) is 5.56. The molecule has 2 aromatic carbocycles. The Kier molecular flexibility index (Phi) is 12.0. The summed E-state index contributed by atoms with van der Waals surface area (Å²) in [6.07, 6.45) is 1.41. The van der Waals surface area contributed by atoms with E-state index in [0.29, 0.717) is 44.1 Å². The standard InChI is InChI=1S/C39H49N5O7S/c1-39(2,3)51-38(48)43-23-21-42(22-24-43)35(45)13-14-37(47)50-28-44-33-27-30(11-9-29(33)10-12-36(44)46)49-25-5-4-16-40-17-19-41(20-18-40)32-7-6-8-34-31(32)15-26-52-34/h6-12,15,26-27H,4-5,13-14,16-25,28H2,1-3H3. The van der Waals surface area contributed by atoms with Gasteiger partial charge in [0.1, 0.15) is 11.4 Å². The third kappa shape index (κ3) is 9.62. The molecule has 278 valence electrons. The number of unbranched alkanes of at least 4 members (excludes halogenated alkanes) is 1. The molecule has 0 unspecified atom stereocenters. The SMILES string of the molecule is CC(C)(C)OC(=O)N1CCN(C(=O)CCC(=O)OCn2c(=O)ccc3ccc(OCCCCN4CCN(c5cccc6sccc56)CC4)cc32)CC1. The number of pyridine rings is 1. The van der Waals surface area contributed by atoms with Crippen LogP contribution < -0.4 is 15.2 Å². The summed E-state index contributed by atoms with van der Waals surface area (Å²) in [5.74, 6) is -0.111. The van der Waals surface area contributed by atoms with Crippen molar-refractivity contribution in [3.8, 4) is 5.75 Å². The maximum Gasteiger partial charge on any atom is 0.410 e. The minimum absolute atomic E-state index is 0.0175. The second-order valence-corrected chi connectivity index (χ2v) is 15.3. The summed E-state index contributed by atoms with van der Waals surface area (Å²) in [6, 6.07) is 17.5. The zero-order valence-corrected chi connectivity index (χ0v) is 31.2. The number of amides is 2. The Hall–Kier alpha value is -4.62. The predicted molar refractivity (Wildman–Crippen MR) is 203 cm³/mol. The van der Waals surface area contributed by atoms with E-state index < -0.39 is 17.7 Å². The van der Waals surface area contributed by atoms with Crippen LogP contribution in [0.2, 0.25) is 0 Å². The minimum atomic E-state index is -0.587. The molecule has 2 aliphatic rings. The lowest BCUT2D eigenvalue weighted by Crippen LogP contribution is -2.51. The van der Waals surface area contributed by atoms with Crippen molar-refractivity contribution >= 4 is 56.0 Å². The molecule has 2 aliphatic heterocycles. The number of ether oxygens (including phenoxy) is 3. The Morgan fingerprint density at radius 2 is 1.58 bits per heavy atom. The van der Waals surface area contributed by atoms with Gasteiger partial charge in [-0.25, -0.2) is 4.79 Å². The Labute approximate surface area is 308 Å². The topological polar surface area (TPSA) is 114 Å². The average Bonchev–Trinajstić information content (AvgIpc) is 3.62.